The summed E-state index contributed by atoms with van der Waals surface area (Å²) in [4.78, 5) is 37.8. The molecule has 0 aliphatic rings. The van der Waals surface area contributed by atoms with Crippen molar-refractivity contribution in [2.45, 2.75) is 279 Å². The Morgan fingerprint density at radius 2 is 0.614 bits per heavy atom. The van der Waals surface area contributed by atoms with E-state index in [9.17, 15) is 14.4 Å². The van der Waals surface area contributed by atoms with Crippen molar-refractivity contribution in [1.29, 1.82) is 0 Å². The van der Waals surface area contributed by atoms with Gasteiger partial charge >= 0.3 is 17.9 Å². The van der Waals surface area contributed by atoms with Crippen LogP contribution in [0.2, 0.25) is 0 Å². The predicted molar refractivity (Wildman–Crippen MR) is 243 cm³/mol. The second kappa shape index (κ2) is 42.5. The minimum Gasteiger partial charge on any atom is -0.462 e. The molecule has 0 aromatic rings. The second-order valence-electron chi connectivity index (χ2n) is 18.6. The van der Waals surface area contributed by atoms with Gasteiger partial charge in [0.05, 0.1) is 0 Å². The standard InChI is InChI=1S/C51H98O6/c1-7-47(6)39-33-27-20-16-13-14-18-22-29-35-41-50(53)56-44-48(57-51(54)42-36-30-24-23-26-32-38-46(4)5)43-55-49(52)40-34-28-21-17-12-10-8-9-11-15-19-25-31-37-45(2)3/h45-48H,7-44H2,1-6H3/t47?,48-/m0/s1. The number of unbranched alkanes of at least 4 members (excludes halogenated alkanes) is 26. The summed E-state index contributed by atoms with van der Waals surface area (Å²) < 4.78 is 16.8. The van der Waals surface area contributed by atoms with Gasteiger partial charge in [-0.05, 0) is 37.0 Å². The van der Waals surface area contributed by atoms with Gasteiger partial charge in [0.2, 0.25) is 0 Å². The molecule has 0 saturated heterocycles. The third kappa shape index (κ3) is 43.8. The second-order valence-corrected chi connectivity index (χ2v) is 18.6. The molecule has 2 atom stereocenters. The Labute approximate surface area is 355 Å². The SMILES string of the molecule is CCC(C)CCCCCCCCCCCCC(=O)OC[C@H](COC(=O)CCCCCCCCCCCCCCCC(C)C)OC(=O)CCCCCCCCC(C)C. The normalized spacial score (nSPS) is 12.6. The maximum absolute atomic E-state index is 12.7. The summed E-state index contributed by atoms with van der Waals surface area (Å²) in [6.45, 7) is 13.7. The van der Waals surface area contributed by atoms with Crippen LogP contribution in [0.4, 0.5) is 0 Å². The third-order valence-electron chi connectivity index (χ3n) is 11.8. The lowest BCUT2D eigenvalue weighted by molar-refractivity contribution is -0.167. The minimum atomic E-state index is -0.763. The molecule has 0 aromatic heterocycles. The first-order valence-corrected chi connectivity index (χ1v) is 25.1. The van der Waals surface area contributed by atoms with Crippen molar-refractivity contribution >= 4 is 17.9 Å². The molecule has 0 N–H and O–H groups in total. The first-order chi connectivity index (χ1) is 27.6. The molecule has 0 aliphatic carbocycles. The van der Waals surface area contributed by atoms with E-state index in [0.717, 1.165) is 75.5 Å². The Kier molecular flexibility index (Phi) is 41.3. The third-order valence-corrected chi connectivity index (χ3v) is 11.8. The molecular formula is C51H98O6. The largest absolute Gasteiger partial charge is 0.462 e. The highest BCUT2D eigenvalue weighted by Crippen LogP contribution is 2.18. The number of rotatable bonds is 44. The monoisotopic (exact) mass is 807 g/mol. The molecule has 1 unspecified atom stereocenters. The summed E-state index contributed by atoms with van der Waals surface area (Å²) in [6.07, 6.45) is 41.0. The van der Waals surface area contributed by atoms with Gasteiger partial charge in [-0.15, -0.1) is 0 Å². The van der Waals surface area contributed by atoms with E-state index in [1.54, 1.807) is 0 Å². The average molecular weight is 807 g/mol. The van der Waals surface area contributed by atoms with Crippen molar-refractivity contribution in [2.24, 2.45) is 17.8 Å². The number of hydrogen-bond acceptors (Lipinski definition) is 6. The van der Waals surface area contributed by atoms with Crippen LogP contribution in [0.15, 0.2) is 0 Å². The van der Waals surface area contributed by atoms with E-state index in [4.69, 9.17) is 14.2 Å². The Hall–Kier alpha value is -1.59. The van der Waals surface area contributed by atoms with Gasteiger partial charge in [-0.3, -0.25) is 14.4 Å². The molecule has 0 aromatic carbocycles. The lowest BCUT2D eigenvalue weighted by atomic mass is 9.99. The molecule has 0 amide bonds. The summed E-state index contributed by atoms with van der Waals surface area (Å²) >= 11 is 0. The van der Waals surface area contributed by atoms with Gasteiger partial charge < -0.3 is 14.2 Å². The Balaban J connectivity index is 4.27. The first kappa shape index (κ1) is 55.4. The Morgan fingerprint density at radius 3 is 0.912 bits per heavy atom. The lowest BCUT2D eigenvalue weighted by Crippen LogP contribution is -2.30. The van der Waals surface area contributed by atoms with E-state index in [1.807, 2.05) is 0 Å². The van der Waals surface area contributed by atoms with Crippen LogP contribution in [0.1, 0.15) is 273 Å². The minimum absolute atomic E-state index is 0.0660. The van der Waals surface area contributed by atoms with E-state index in [2.05, 4.69) is 41.5 Å². The van der Waals surface area contributed by atoms with Gasteiger partial charge in [0.1, 0.15) is 13.2 Å². The number of hydrogen-bond donors (Lipinski definition) is 0. The zero-order valence-corrected chi connectivity index (χ0v) is 39.1. The molecule has 0 aliphatic heterocycles. The molecule has 0 rings (SSSR count). The van der Waals surface area contributed by atoms with Crippen LogP contribution in [0.5, 0.6) is 0 Å². The van der Waals surface area contributed by atoms with Gasteiger partial charge in [-0.2, -0.15) is 0 Å². The topological polar surface area (TPSA) is 78.9 Å². The highest BCUT2D eigenvalue weighted by molar-refractivity contribution is 5.71. The molecule has 6 heteroatoms. The van der Waals surface area contributed by atoms with Crippen LogP contribution in [0.25, 0.3) is 0 Å². The van der Waals surface area contributed by atoms with E-state index >= 15 is 0 Å². The van der Waals surface area contributed by atoms with Gasteiger partial charge in [-0.25, -0.2) is 0 Å². The van der Waals surface area contributed by atoms with Gasteiger partial charge in [0, 0.05) is 19.3 Å². The summed E-state index contributed by atoms with van der Waals surface area (Å²) in [6, 6.07) is 0. The van der Waals surface area contributed by atoms with Gasteiger partial charge in [0.15, 0.2) is 6.10 Å². The summed E-state index contributed by atoms with van der Waals surface area (Å²) in [7, 11) is 0. The molecule has 6 nitrogen and oxygen atoms in total. The summed E-state index contributed by atoms with van der Waals surface area (Å²) in [5.74, 6) is 1.61. The number of carbonyl (C=O) groups excluding carboxylic acids is 3. The van der Waals surface area contributed by atoms with Gasteiger partial charge in [-0.1, -0.05) is 234 Å². The van der Waals surface area contributed by atoms with Crippen LogP contribution in [0, 0.1) is 17.8 Å². The summed E-state index contributed by atoms with van der Waals surface area (Å²) in [5.41, 5.74) is 0. The highest BCUT2D eigenvalue weighted by Gasteiger charge is 2.19. The average Bonchev–Trinajstić information content (AvgIpc) is 3.18. The van der Waals surface area contributed by atoms with E-state index in [0.29, 0.717) is 19.3 Å². The Bertz CT molecular complexity index is 885. The van der Waals surface area contributed by atoms with Crippen molar-refractivity contribution in [1.82, 2.24) is 0 Å². The molecule has 0 radical (unpaired) electrons. The van der Waals surface area contributed by atoms with Crippen LogP contribution in [-0.2, 0) is 28.6 Å². The molecule has 0 spiro atoms. The fourth-order valence-electron chi connectivity index (χ4n) is 7.55. The molecule has 0 saturated carbocycles. The molecule has 57 heavy (non-hydrogen) atoms. The zero-order valence-electron chi connectivity index (χ0n) is 39.1. The van der Waals surface area contributed by atoms with Crippen molar-refractivity contribution in [3.8, 4) is 0 Å². The smallest absolute Gasteiger partial charge is 0.306 e. The van der Waals surface area contributed by atoms with Crippen LogP contribution >= 0.6 is 0 Å². The number of carbonyl (C=O) groups is 3. The maximum atomic E-state index is 12.7. The first-order valence-electron chi connectivity index (χ1n) is 25.1. The highest BCUT2D eigenvalue weighted by atomic mass is 16.6. The summed E-state index contributed by atoms with van der Waals surface area (Å²) in [5, 5.41) is 0. The van der Waals surface area contributed by atoms with Crippen LogP contribution in [-0.4, -0.2) is 37.2 Å². The lowest BCUT2D eigenvalue weighted by Gasteiger charge is -2.18. The molecule has 0 fully saturated rings. The van der Waals surface area contributed by atoms with Crippen molar-refractivity contribution in [3.63, 3.8) is 0 Å². The Morgan fingerprint density at radius 1 is 0.351 bits per heavy atom. The fraction of sp³-hybridized carbons (Fsp3) is 0.941. The zero-order chi connectivity index (χ0) is 42.0. The van der Waals surface area contributed by atoms with Crippen LogP contribution in [0.3, 0.4) is 0 Å². The maximum Gasteiger partial charge on any atom is 0.306 e. The molecule has 0 heterocycles. The number of esters is 3. The predicted octanol–water partition coefficient (Wildman–Crippen LogP) is 16.0. The van der Waals surface area contributed by atoms with E-state index < -0.39 is 6.10 Å². The van der Waals surface area contributed by atoms with Crippen molar-refractivity contribution in [2.75, 3.05) is 13.2 Å². The fourth-order valence-corrected chi connectivity index (χ4v) is 7.55. The van der Waals surface area contributed by atoms with Crippen molar-refractivity contribution < 1.29 is 28.6 Å². The number of ether oxygens (including phenoxy) is 3. The van der Waals surface area contributed by atoms with Crippen LogP contribution < -0.4 is 0 Å². The van der Waals surface area contributed by atoms with Crippen molar-refractivity contribution in [3.05, 3.63) is 0 Å². The molecular weight excluding hydrogens is 709 g/mol. The molecule has 0 bridgehead atoms. The van der Waals surface area contributed by atoms with Gasteiger partial charge in [0.25, 0.3) is 0 Å². The van der Waals surface area contributed by atoms with E-state index in [1.165, 1.54) is 154 Å². The van der Waals surface area contributed by atoms with E-state index in [-0.39, 0.29) is 31.1 Å². The molecule has 338 valence electrons. The quantitative estimate of drug-likeness (QED) is 0.0347.